The van der Waals surface area contributed by atoms with Gasteiger partial charge < -0.3 is 14.4 Å². The summed E-state index contributed by atoms with van der Waals surface area (Å²) in [6, 6.07) is 11.1. The smallest absolute Gasteiger partial charge is 0.264 e. The van der Waals surface area contributed by atoms with Crippen LogP contribution in [-0.4, -0.2) is 47.2 Å². The van der Waals surface area contributed by atoms with Gasteiger partial charge in [-0.15, -0.1) is 0 Å². The molecule has 1 saturated carbocycles. The van der Waals surface area contributed by atoms with E-state index in [9.17, 15) is 13.2 Å². The summed E-state index contributed by atoms with van der Waals surface area (Å²) in [4.78, 5) is 14.8. The van der Waals surface area contributed by atoms with Crippen LogP contribution >= 0.6 is 11.6 Å². The van der Waals surface area contributed by atoms with Crippen LogP contribution in [0.15, 0.2) is 53.4 Å². The molecule has 0 radical (unpaired) electrons. The third kappa shape index (κ3) is 5.43. The molecule has 0 saturated heterocycles. The fourth-order valence-corrected chi connectivity index (χ4v) is 7.82. The van der Waals surface area contributed by atoms with Crippen molar-refractivity contribution < 1.29 is 22.7 Å². The van der Waals surface area contributed by atoms with E-state index in [0.29, 0.717) is 43.8 Å². The highest BCUT2D eigenvalue weighted by Gasteiger charge is 2.43. The molecule has 2 aliphatic heterocycles. The second-order valence-corrected chi connectivity index (χ2v) is 13.5. The van der Waals surface area contributed by atoms with E-state index in [1.165, 1.54) is 17.2 Å². The van der Waals surface area contributed by atoms with Crippen molar-refractivity contribution >= 4 is 33.2 Å². The van der Waals surface area contributed by atoms with Gasteiger partial charge in [-0.05, 0) is 91.8 Å². The van der Waals surface area contributed by atoms with Gasteiger partial charge in [0, 0.05) is 29.9 Å². The van der Waals surface area contributed by atoms with Crippen molar-refractivity contribution in [2.75, 3.05) is 37.8 Å². The first-order chi connectivity index (χ1) is 18.8. The molecule has 9 heteroatoms. The maximum atomic E-state index is 13.2. The number of hydrogen-bond acceptors (Lipinski definition) is 6. The molecule has 6 rings (SSSR count). The minimum Gasteiger partial charge on any atom is -0.490 e. The van der Waals surface area contributed by atoms with Gasteiger partial charge in [-0.1, -0.05) is 29.8 Å². The Morgan fingerprint density at radius 2 is 1.92 bits per heavy atom. The summed E-state index contributed by atoms with van der Waals surface area (Å²) >= 11 is 6.37. The van der Waals surface area contributed by atoms with Gasteiger partial charge in [0.1, 0.15) is 5.75 Å². The summed E-state index contributed by atoms with van der Waals surface area (Å²) in [6.07, 6.45) is 9.58. The van der Waals surface area contributed by atoms with Crippen LogP contribution in [-0.2, 0) is 31.4 Å². The zero-order valence-electron chi connectivity index (χ0n) is 22.0. The standard InChI is InChI=1S/C30H35ClN2O5S/c31-24-9-11-26-21(15-24)5-4-13-30(26)19-33-17-22-7-8-23(22)18-37-14-3-1-2-6-29(34)32-39(35,36)25-10-12-28(38-20-30)27(33)16-25/h1,3,9-12,15-16,22-23H,2,4-8,13-14,17-20H2,(H,32,34)/t22-,23-,30-/m0/s1. The zero-order valence-corrected chi connectivity index (χ0v) is 23.6. The van der Waals surface area contributed by atoms with Gasteiger partial charge >= 0.3 is 0 Å². The number of fused-ring (bicyclic) bond motifs is 4. The molecule has 1 N–H and O–H groups in total. The Labute approximate surface area is 235 Å². The normalized spacial score (nSPS) is 28.6. The molecule has 2 heterocycles. The van der Waals surface area contributed by atoms with Crippen LogP contribution in [0.3, 0.4) is 0 Å². The predicted octanol–water partition coefficient (Wildman–Crippen LogP) is 5.01. The molecular weight excluding hydrogens is 536 g/mol. The molecule has 4 aliphatic rings. The van der Waals surface area contributed by atoms with Crippen molar-refractivity contribution in [3.63, 3.8) is 0 Å². The monoisotopic (exact) mass is 570 g/mol. The van der Waals surface area contributed by atoms with Crippen LogP contribution in [0.5, 0.6) is 5.75 Å². The van der Waals surface area contributed by atoms with Crippen molar-refractivity contribution in [3.05, 3.63) is 64.7 Å². The van der Waals surface area contributed by atoms with E-state index < -0.39 is 15.9 Å². The van der Waals surface area contributed by atoms with Gasteiger partial charge in [0.2, 0.25) is 5.91 Å². The van der Waals surface area contributed by atoms with Crippen molar-refractivity contribution in [2.45, 2.75) is 55.3 Å². The maximum Gasteiger partial charge on any atom is 0.264 e. The molecule has 7 nitrogen and oxygen atoms in total. The van der Waals surface area contributed by atoms with Crippen molar-refractivity contribution in [3.8, 4) is 5.75 Å². The number of halogens is 1. The number of allylic oxidation sites excluding steroid dienone is 1. The van der Waals surface area contributed by atoms with Crippen LogP contribution < -0.4 is 14.4 Å². The average molecular weight is 571 g/mol. The van der Waals surface area contributed by atoms with Crippen molar-refractivity contribution in [1.29, 1.82) is 0 Å². The summed E-state index contributed by atoms with van der Waals surface area (Å²) < 4.78 is 41.1. The van der Waals surface area contributed by atoms with Crippen LogP contribution in [0.25, 0.3) is 0 Å². The number of carbonyl (C=O) groups excluding carboxylic acids is 1. The van der Waals surface area contributed by atoms with E-state index in [0.717, 1.165) is 55.9 Å². The molecule has 1 fully saturated rings. The SMILES string of the molecule is O=C1CCC=CCOC[C@@H]2CC[C@H]2CN2C[C@@]3(CCCc4cc(Cl)ccc43)COc3ccc(cc32)S(=O)(=O)N1. The highest BCUT2D eigenvalue weighted by atomic mass is 35.5. The molecule has 39 heavy (non-hydrogen) atoms. The Balaban J connectivity index is 1.40. The summed E-state index contributed by atoms with van der Waals surface area (Å²) in [7, 11) is -4.02. The van der Waals surface area contributed by atoms with E-state index in [4.69, 9.17) is 21.1 Å². The number of amides is 1. The van der Waals surface area contributed by atoms with Crippen LogP contribution in [0.4, 0.5) is 5.69 Å². The van der Waals surface area contributed by atoms with Gasteiger partial charge in [-0.3, -0.25) is 4.79 Å². The Bertz CT molecular complexity index is 1390. The molecule has 208 valence electrons. The number of carbonyl (C=O) groups is 1. The number of aryl methyl sites for hydroxylation is 1. The lowest BCUT2D eigenvalue weighted by Crippen LogP contribution is -2.48. The number of benzene rings is 2. The third-order valence-corrected chi connectivity index (χ3v) is 10.5. The molecule has 2 aliphatic carbocycles. The van der Waals surface area contributed by atoms with E-state index in [-0.39, 0.29) is 16.7 Å². The molecule has 1 amide bonds. The summed E-state index contributed by atoms with van der Waals surface area (Å²) in [5, 5.41) is 0.744. The average Bonchev–Trinajstić information content (AvgIpc) is 3.04. The van der Waals surface area contributed by atoms with Crippen LogP contribution in [0, 0.1) is 11.8 Å². The molecule has 3 atom stereocenters. The maximum absolute atomic E-state index is 13.2. The lowest BCUT2D eigenvalue weighted by molar-refractivity contribution is -0.119. The van der Waals surface area contributed by atoms with Crippen molar-refractivity contribution in [1.82, 2.24) is 4.72 Å². The predicted molar refractivity (Wildman–Crippen MR) is 151 cm³/mol. The Morgan fingerprint density at radius 1 is 1.05 bits per heavy atom. The van der Waals surface area contributed by atoms with E-state index in [2.05, 4.69) is 21.8 Å². The van der Waals surface area contributed by atoms with Crippen LogP contribution in [0.1, 0.15) is 49.7 Å². The summed E-state index contributed by atoms with van der Waals surface area (Å²) in [5.41, 5.74) is 3.07. The van der Waals surface area contributed by atoms with Gasteiger partial charge in [-0.2, -0.15) is 0 Å². The quantitative estimate of drug-likeness (QED) is 0.448. The Kier molecular flexibility index (Phi) is 7.37. The molecule has 1 spiro atoms. The number of sulfonamides is 1. The van der Waals surface area contributed by atoms with Gasteiger partial charge in [-0.25, -0.2) is 13.1 Å². The number of rotatable bonds is 0. The van der Waals surface area contributed by atoms with Gasteiger partial charge in [0.15, 0.2) is 0 Å². The highest BCUT2D eigenvalue weighted by Crippen LogP contribution is 2.46. The van der Waals surface area contributed by atoms with Crippen LogP contribution in [0.2, 0.25) is 5.02 Å². The second kappa shape index (κ2) is 10.8. The molecule has 0 unspecified atom stereocenters. The number of nitrogens with zero attached hydrogens (tertiary/aromatic N) is 1. The first kappa shape index (κ1) is 26.7. The zero-order chi connectivity index (χ0) is 27.0. The number of anilines is 1. The molecule has 2 aromatic rings. The Morgan fingerprint density at radius 3 is 2.77 bits per heavy atom. The van der Waals surface area contributed by atoms with E-state index >= 15 is 0 Å². The second-order valence-electron chi connectivity index (χ2n) is 11.4. The first-order valence-electron chi connectivity index (χ1n) is 13.9. The van der Waals surface area contributed by atoms with Gasteiger partial charge in [0.05, 0.1) is 30.4 Å². The Hall–Kier alpha value is -2.55. The lowest BCUT2D eigenvalue weighted by Gasteiger charge is -2.44. The molecule has 2 bridgehead atoms. The number of hydrogen-bond donors (Lipinski definition) is 1. The molecule has 2 aromatic carbocycles. The van der Waals surface area contributed by atoms with Gasteiger partial charge in [0.25, 0.3) is 10.0 Å². The minimum atomic E-state index is -4.02. The topological polar surface area (TPSA) is 84.9 Å². The highest BCUT2D eigenvalue weighted by molar-refractivity contribution is 7.90. The van der Waals surface area contributed by atoms with Crippen molar-refractivity contribution in [2.24, 2.45) is 11.8 Å². The fraction of sp³-hybridized carbons (Fsp3) is 0.500. The molecule has 0 aromatic heterocycles. The minimum absolute atomic E-state index is 0.0725. The molecular formula is C30H35ClN2O5S. The largest absolute Gasteiger partial charge is 0.490 e. The third-order valence-electron chi connectivity index (χ3n) is 8.85. The number of nitrogens with one attached hydrogen (secondary N) is 1. The number of ether oxygens (including phenoxy) is 2. The van der Waals surface area contributed by atoms with E-state index in [1.807, 2.05) is 18.2 Å². The first-order valence-corrected chi connectivity index (χ1v) is 15.8. The lowest BCUT2D eigenvalue weighted by atomic mass is 9.69. The fourth-order valence-electron chi connectivity index (χ4n) is 6.59. The summed E-state index contributed by atoms with van der Waals surface area (Å²) in [5.74, 6) is 1.06. The summed E-state index contributed by atoms with van der Waals surface area (Å²) in [6.45, 7) is 3.22. The van der Waals surface area contributed by atoms with E-state index in [1.54, 1.807) is 12.1 Å².